The molecule has 10 atom stereocenters. The van der Waals surface area contributed by atoms with Gasteiger partial charge in [-0.15, -0.1) is 0 Å². The SMILES string of the molecule is C[C@H]1N(C)C2CCC(C2)N1c1cc(-c2cccc3c2C2CC3N(c3cc(C4CCC5CCN4[C@H](C)N5c4cccn4C)cn3C)[C@@H](C)N2C)cn1C. The van der Waals surface area contributed by atoms with Gasteiger partial charge in [-0.05, 0) is 126 Å². The van der Waals surface area contributed by atoms with Gasteiger partial charge in [0.2, 0.25) is 0 Å². The zero-order chi connectivity index (χ0) is 35.7. The molecule has 7 aliphatic rings. The molecule has 276 valence electrons. The molecule has 2 aliphatic carbocycles. The van der Waals surface area contributed by atoms with Gasteiger partial charge in [-0.2, -0.15) is 0 Å². The average Bonchev–Trinajstić information content (AvgIpc) is 3.94. The Balaban J connectivity index is 0.977. The standard InChI is InChI=1S/C43H59N9/c1-27-47(7)33-14-15-34(23-33)50(27)41-21-30(25-45(41)5)35-11-9-12-36-38-24-39(43(35)36)48(8)28(2)52(38)42-22-31(26-46(42)6)37-17-16-32-18-20-49(37)29(3)51(32)40-13-10-19-44(40)4/h9-13,19,21-22,25-29,32-34,37-39H,14-18,20,23-24H2,1-8H3/t27-,28-,29-,32?,33?,34?,37?,38?,39?/m0/s1. The summed E-state index contributed by atoms with van der Waals surface area (Å²) >= 11 is 0. The average molecular weight is 702 g/mol. The summed E-state index contributed by atoms with van der Waals surface area (Å²) < 4.78 is 7.14. The predicted octanol–water partition coefficient (Wildman–Crippen LogP) is 7.43. The van der Waals surface area contributed by atoms with Gasteiger partial charge < -0.3 is 28.4 Å². The fourth-order valence-corrected chi connectivity index (χ4v) is 12.1. The lowest BCUT2D eigenvalue weighted by Crippen LogP contribution is -2.56. The third-order valence-electron chi connectivity index (χ3n) is 15.0. The Morgan fingerprint density at radius 1 is 0.558 bits per heavy atom. The zero-order valence-corrected chi connectivity index (χ0v) is 32.7. The van der Waals surface area contributed by atoms with Crippen LogP contribution in [0, 0.1) is 0 Å². The summed E-state index contributed by atoms with van der Waals surface area (Å²) in [5, 5.41) is 0. The quantitative estimate of drug-likeness (QED) is 0.215. The molecule has 1 saturated carbocycles. The minimum atomic E-state index is 0.286. The van der Waals surface area contributed by atoms with E-state index < -0.39 is 0 Å². The second-order valence-electron chi connectivity index (χ2n) is 17.3. The van der Waals surface area contributed by atoms with Crippen LogP contribution in [0.25, 0.3) is 11.1 Å². The van der Waals surface area contributed by atoms with E-state index in [-0.39, 0.29) is 6.17 Å². The van der Waals surface area contributed by atoms with Crippen molar-refractivity contribution in [3.8, 4) is 11.1 Å². The highest BCUT2D eigenvalue weighted by Crippen LogP contribution is 2.55. The van der Waals surface area contributed by atoms with E-state index in [1.54, 1.807) is 5.56 Å². The van der Waals surface area contributed by atoms with Gasteiger partial charge in [0.25, 0.3) is 0 Å². The molecule has 11 rings (SSSR count). The van der Waals surface area contributed by atoms with Gasteiger partial charge in [0, 0.05) is 82.1 Å². The van der Waals surface area contributed by atoms with Crippen LogP contribution in [0.1, 0.15) is 101 Å². The molecular weight excluding hydrogens is 643 g/mol. The Morgan fingerprint density at radius 2 is 1.29 bits per heavy atom. The summed E-state index contributed by atoms with van der Waals surface area (Å²) in [4.78, 5) is 16.2. The monoisotopic (exact) mass is 701 g/mol. The molecule has 6 fully saturated rings. The summed E-state index contributed by atoms with van der Waals surface area (Å²) in [6.45, 7) is 8.43. The van der Waals surface area contributed by atoms with Crippen molar-refractivity contribution in [1.29, 1.82) is 0 Å². The van der Waals surface area contributed by atoms with E-state index in [4.69, 9.17) is 0 Å². The Hall–Kier alpha value is -3.66. The maximum atomic E-state index is 2.79. The molecule has 9 nitrogen and oxygen atoms in total. The largest absolute Gasteiger partial charge is 0.340 e. The van der Waals surface area contributed by atoms with Crippen LogP contribution in [0.2, 0.25) is 0 Å². The predicted molar refractivity (Wildman–Crippen MR) is 212 cm³/mol. The van der Waals surface area contributed by atoms with Crippen LogP contribution in [-0.4, -0.2) is 85.7 Å². The first kappa shape index (κ1) is 32.9. The fraction of sp³-hybridized carbons (Fsp3) is 0.581. The van der Waals surface area contributed by atoms with Crippen molar-refractivity contribution in [2.75, 3.05) is 35.3 Å². The van der Waals surface area contributed by atoms with Crippen LogP contribution in [0.4, 0.5) is 17.5 Å². The van der Waals surface area contributed by atoms with Crippen molar-refractivity contribution in [1.82, 2.24) is 28.4 Å². The molecule has 7 unspecified atom stereocenters. The van der Waals surface area contributed by atoms with Crippen LogP contribution < -0.4 is 14.7 Å². The van der Waals surface area contributed by atoms with E-state index in [0.717, 1.165) is 12.5 Å². The molecule has 0 amide bonds. The van der Waals surface area contributed by atoms with Gasteiger partial charge in [-0.25, -0.2) is 0 Å². The lowest BCUT2D eigenvalue weighted by atomic mass is 9.96. The van der Waals surface area contributed by atoms with Crippen molar-refractivity contribution < 1.29 is 0 Å². The molecule has 6 bridgehead atoms. The van der Waals surface area contributed by atoms with Gasteiger partial charge in [-0.3, -0.25) is 14.7 Å². The van der Waals surface area contributed by atoms with Gasteiger partial charge in [-0.1, -0.05) is 18.2 Å². The van der Waals surface area contributed by atoms with Crippen LogP contribution >= 0.6 is 0 Å². The molecule has 5 aliphatic heterocycles. The number of fused-ring (bicyclic) bond motifs is 11. The normalized spacial score (nSPS) is 34.4. The molecule has 0 spiro atoms. The molecule has 8 heterocycles. The lowest BCUT2D eigenvalue weighted by molar-refractivity contribution is 0.122. The maximum Gasteiger partial charge on any atom is 0.110 e. The molecule has 4 aromatic rings. The van der Waals surface area contributed by atoms with E-state index in [1.807, 2.05) is 0 Å². The summed E-state index contributed by atoms with van der Waals surface area (Å²) in [5.41, 5.74) is 7.32. The Kier molecular flexibility index (Phi) is 7.55. The molecular formula is C43H59N9. The van der Waals surface area contributed by atoms with E-state index in [9.17, 15) is 0 Å². The molecule has 52 heavy (non-hydrogen) atoms. The molecule has 0 N–H and O–H groups in total. The van der Waals surface area contributed by atoms with Crippen molar-refractivity contribution in [2.24, 2.45) is 21.1 Å². The van der Waals surface area contributed by atoms with Crippen LogP contribution in [0.3, 0.4) is 0 Å². The Morgan fingerprint density at radius 3 is 2.10 bits per heavy atom. The topological polar surface area (TPSA) is 34.2 Å². The van der Waals surface area contributed by atoms with Crippen molar-refractivity contribution in [2.45, 2.75) is 120 Å². The van der Waals surface area contributed by atoms with Crippen LogP contribution in [0.15, 0.2) is 61.1 Å². The minimum absolute atomic E-state index is 0.286. The highest BCUT2D eigenvalue weighted by atomic mass is 15.5. The van der Waals surface area contributed by atoms with Gasteiger partial charge >= 0.3 is 0 Å². The second kappa shape index (κ2) is 11.9. The third-order valence-corrected chi connectivity index (χ3v) is 15.0. The van der Waals surface area contributed by atoms with Crippen molar-refractivity contribution in [3.05, 3.63) is 77.7 Å². The zero-order valence-electron chi connectivity index (χ0n) is 32.7. The molecule has 1 aromatic carbocycles. The second-order valence-corrected chi connectivity index (χ2v) is 17.3. The van der Waals surface area contributed by atoms with E-state index in [1.165, 1.54) is 84.8 Å². The highest BCUT2D eigenvalue weighted by molar-refractivity contribution is 5.75. The van der Waals surface area contributed by atoms with Crippen LogP contribution in [-0.2, 0) is 21.1 Å². The highest BCUT2D eigenvalue weighted by Gasteiger charge is 2.48. The number of nitrogens with zero attached hydrogens (tertiary/aromatic N) is 9. The maximum absolute atomic E-state index is 2.79. The van der Waals surface area contributed by atoms with Crippen molar-refractivity contribution >= 4 is 17.5 Å². The van der Waals surface area contributed by atoms with E-state index in [2.05, 4.69) is 160 Å². The first-order valence-electron chi connectivity index (χ1n) is 20.2. The Bertz CT molecular complexity index is 1990. The number of rotatable bonds is 5. The number of hydrogen-bond acceptors (Lipinski definition) is 6. The van der Waals surface area contributed by atoms with Gasteiger partial charge in [0.15, 0.2) is 0 Å². The summed E-state index contributed by atoms with van der Waals surface area (Å²) in [6.07, 6.45) is 16.8. The van der Waals surface area contributed by atoms with E-state index in [0.29, 0.717) is 42.5 Å². The molecule has 3 aromatic heterocycles. The lowest BCUT2D eigenvalue weighted by Gasteiger charge is -2.47. The fourth-order valence-electron chi connectivity index (χ4n) is 12.1. The smallest absolute Gasteiger partial charge is 0.110 e. The van der Waals surface area contributed by atoms with E-state index >= 15 is 0 Å². The number of hydrogen-bond donors (Lipinski definition) is 0. The molecule has 5 saturated heterocycles. The summed E-state index contributed by atoms with van der Waals surface area (Å²) in [5.74, 6) is 4.06. The number of benzene rings is 1. The molecule has 0 radical (unpaired) electrons. The van der Waals surface area contributed by atoms with Crippen LogP contribution in [0.5, 0.6) is 0 Å². The number of aromatic nitrogens is 3. The first-order valence-corrected chi connectivity index (χ1v) is 20.2. The number of aryl methyl sites for hydroxylation is 3. The first-order chi connectivity index (χ1) is 25.1. The third kappa shape index (κ3) is 4.64. The van der Waals surface area contributed by atoms with Gasteiger partial charge in [0.05, 0.1) is 24.5 Å². The van der Waals surface area contributed by atoms with Gasteiger partial charge in [0.1, 0.15) is 17.5 Å². The van der Waals surface area contributed by atoms with Crippen molar-refractivity contribution in [3.63, 3.8) is 0 Å². The summed E-state index contributed by atoms with van der Waals surface area (Å²) in [7, 11) is 11.4. The molecule has 9 heteroatoms. The number of anilines is 3. The minimum Gasteiger partial charge on any atom is -0.340 e. The Labute approximate surface area is 311 Å². The summed E-state index contributed by atoms with van der Waals surface area (Å²) in [6, 6.07) is 19.9.